The Balaban J connectivity index is 2.05. The summed E-state index contributed by atoms with van der Waals surface area (Å²) in [4.78, 5) is 2.35. The van der Waals surface area contributed by atoms with Crippen molar-refractivity contribution in [3.05, 3.63) is 35.6 Å². The lowest BCUT2D eigenvalue weighted by Crippen LogP contribution is -2.29. The Morgan fingerprint density at radius 3 is 2.29 bits per heavy atom. The summed E-state index contributed by atoms with van der Waals surface area (Å²) in [6.07, 6.45) is 2.39. The molecule has 0 aromatic heterocycles. The van der Waals surface area contributed by atoms with Crippen LogP contribution in [0, 0.1) is 5.82 Å². The smallest absolute Gasteiger partial charge is 0.123 e. The van der Waals surface area contributed by atoms with Gasteiger partial charge < -0.3 is 4.90 Å². The highest BCUT2D eigenvalue weighted by Gasteiger charge is 2.17. The van der Waals surface area contributed by atoms with E-state index in [9.17, 15) is 4.39 Å². The standard InChI is InChI=1S/C12H16FN/c1-14-8-6-11(7-9-14)10-2-4-12(13)5-3-10/h2-5,11H,6-9H2,1H3. The minimum absolute atomic E-state index is 0.137. The van der Waals surface area contributed by atoms with Crippen LogP contribution in [0.4, 0.5) is 4.39 Å². The van der Waals surface area contributed by atoms with E-state index in [1.165, 1.54) is 18.4 Å². The van der Waals surface area contributed by atoms with Crippen molar-refractivity contribution in [3.63, 3.8) is 0 Å². The molecule has 0 aliphatic carbocycles. The summed E-state index contributed by atoms with van der Waals surface area (Å²) in [6, 6.07) is 6.97. The summed E-state index contributed by atoms with van der Waals surface area (Å²) >= 11 is 0. The quantitative estimate of drug-likeness (QED) is 0.662. The molecule has 0 saturated carbocycles. The van der Waals surface area contributed by atoms with Crippen LogP contribution in [0.3, 0.4) is 0 Å². The van der Waals surface area contributed by atoms with E-state index >= 15 is 0 Å². The second-order valence-corrected chi connectivity index (χ2v) is 4.13. The maximum absolute atomic E-state index is 12.7. The molecule has 0 radical (unpaired) electrons. The van der Waals surface area contributed by atoms with Crippen LogP contribution >= 0.6 is 0 Å². The number of rotatable bonds is 1. The fourth-order valence-corrected chi connectivity index (χ4v) is 2.08. The van der Waals surface area contributed by atoms with Gasteiger partial charge >= 0.3 is 0 Å². The molecular weight excluding hydrogens is 177 g/mol. The Kier molecular flexibility index (Phi) is 2.82. The molecular formula is C12H16FN. The van der Waals surface area contributed by atoms with Gasteiger partial charge in [0.05, 0.1) is 0 Å². The minimum atomic E-state index is -0.137. The summed E-state index contributed by atoms with van der Waals surface area (Å²) < 4.78 is 12.7. The Morgan fingerprint density at radius 1 is 1.14 bits per heavy atom. The topological polar surface area (TPSA) is 3.24 Å². The zero-order valence-corrected chi connectivity index (χ0v) is 8.54. The maximum Gasteiger partial charge on any atom is 0.123 e. The van der Waals surface area contributed by atoms with Gasteiger partial charge in [-0.15, -0.1) is 0 Å². The number of benzene rings is 1. The number of nitrogens with zero attached hydrogens (tertiary/aromatic N) is 1. The first-order valence-electron chi connectivity index (χ1n) is 5.20. The molecule has 14 heavy (non-hydrogen) atoms. The predicted octanol–water partition coefficient (Wildman–Crippen LogP) is 2.63. The lowest BCUT2D eigenvalue weighted by Gasteiger charge is -2.29. The van der Waals surface area contributed by atoms with Crippen LogP contribution in [-0.4, -0.2) is 25.0 Å². The van der Waals surface area contributed by atoms with Crippen molar-refractivity contribution < 1.29 is 4.39 Å². The molecule has 0 amide bonds. The van der Waals surface area contributed by atoms with Gasteiger partial charge in [-0.2, -0.15) is 0 Å². The van der Waals surface area contributed by atoms with E-state index in [4.69, 9.17) is 0 Å². The zero-order valence-electron chi connectivity index (χ0n) is 8.54. The van der Waals surface area contributed by atoms with Gasteiger partial charge in [-0.25, -0.2) is 4.39 Å². The van der Waals surface area contributed by atoms with Crippen LogP contribution in [0.1, 0.15) is 24.3 Å². The van der Waals surface area contributed by atoms with Crippen molar-refractivity contribution in [2.75, 3.05) is 20.1 Å². The molecule has 1 saturated heterocycles. The second kappa shape index (κ2) is 4.09. The van der Waals surface area contributed by atoms with Crippen LogP contribution in [0.2, 0.25) is 0 Å². The van der Waals surface area contributed by atoms with Gasteiger partial charge in [0, 0.05) is 0 Å². The fraction of sp³-hybridized carbons (Fsp3) is 0.500. The van der Waals surface area contributed by atoms with E-state index in [1.807, 2.05) is 12.1 Å². The summed E-state index contributed by atoms with van der Waals surface area (Å²) in [5.41, 5.74) is 1.29. The number of piperidine rings is 1. The molecule has 1 aliphatic rings. The third-order valence-corrected chi connectivity index (χ3v) is 3.06. The molecule has 1 aliphatic heterocycles. The van der Waals surface area contributed by atoms with Crippen LogP contribution in [0.25, 0.3) is 0 Å². The number of likely N-dealkylation sites (tertiary alicyclic amines) is 1. The Bertz CT molecular complexity index is 286. The molecule has 0 N–H and O–H groups in total. The van der Waals surface area contributed by atoms with E-state index in [0.29, 0.717) is 5.92 Å². The van der Waals surface area contributed by atoms with Crippen molar-refractivity contribution in [1.82, 2.24) is 4.90 Å². The molecule has 0 atom stereocenters. The van der Waals surface area contributed by atoms with E-state index in [1.54, 1.807) is 12.1 Å². The lowest BCUT2D eigenvalue weighted by molar-refractivity contribution is 0.255. The molecule has 2 heteroatoms. The SMILES string of the molecule is CN1CCC(c2ccc(F)cc2)CC1. The van der Waals surface area contributed by atoms with Gasteiger partial charge in [0.25, 0.3) is 0 Å². The molecule has 1 fully saturated rings. The summed E-state index contributed by atoms with van der Waals surface area (Å²) in [7, 11) is 2.15. The molecule has 1 nitrogen and oxygen atoms in total. The van der Waals surface area contributed by atoms with Crippen molar-refractivity contribution in [3.8, 4) is 0 Å². The normalized spacial score (nSPS) is 19.9. The molecule has 0 bridgehead atoms. The Morgan fingerprint density at radius 2 is 1.71 bits per heavy atom. The van der Waals surface area contributed by atoms with Gasteiger partial charge in [0.2, 0.25) is 0 Å². The maximum atomic E-state index is 12.7. The van der Waals surface area contributed by atoms with Gasteiger partial charge in [-0.1, -0.05) is 12.1 Å². The zero-order chi connectivity index (χ0) is 9.97. The molecule has 1 aromatic rings. The van der Waals surface area contributed by atoms with Crippen LogP contribution in [0.15, 0.2) is 24.3 Å². The van der Waals surface area contributed by atoms with Crippen LogP contribution in [-0.2, 0) is 0 Å². The van der Waals surface area contributed by atoms with Gasteiger partial charge in [0.15, 0.2) is 0 Å². The average molecular weight is 193 g/mol. The molecule has 1 heterocycles. The van der Waals surface area contributed by atoms with Crippen LogP contribution < -0.4 is 0 Å². The van der Waals surface area contributed by atoms with E-state index in [-0.39, 0.29) is 5.82 Å². The minimum Gasteiger partial charge on any atom is -0.306 e. The summed E-state index contributed by atoms with van der Waals surface area (Å²) in [5, 5.41) is 0. The molecule has 0 unspecified atom stereocenters. The monoisotopic (exact) mass is 193 g/mol. The van der Waals surface area contributed by atoms with Gasteiger partial charge in [-0.05, 0) is 56.6 Å². The molecule has 76 valence electrons. The highest BCUT2D eigenvalue weighted by molar-refractivity contribution is 5.20. The number of hydrogen-bond acceptors (Lipinski definition) is 1. The number of hydrogen-bond donors (Lipinski definition) is 0. The fourth-order valence-electron chi connectivity index (χ4n) is 2.08. The average Bonchev–Trinajstić information content (AvgIpc) is 2.21. The number of halogens is 1. The third kappa shape index (κ3) is 2.13. The first-order chi connectivity index (χ1) is 6.75. The highest BCUT2D eigenvalue weighted by atomic mass is 19.1. The third-order valence-electron chi connectivity index (χ3n) is 3.06. The summed E-state index contributed by atoms with van der Waals surface area (Å²) in [6.45, 7) is 2.31. The van der Waals surface area contributed by atoms with Crippen molar-refractivity contribution in [1.29, 1.82) is 0 Å². The van der Waals surface area contributed by atoms with Crippen molar-refractivity contribution in [2.24, 2.45) is 0 Å². The predicted molar refractivity (Wildman–Crippen MR) is 55.9 cm³/mol. The first-order valence-corrected chi connectivity index (χ1v) is 5.20. The largest absolute Gasteiger partial charge is 0.306 e. The molecule has 0 spiro atoms. The second-order valence-electron chi connectivity index (χ2n) is 4.13. The Hall–Kier alpha value is -0.890. The first kappa shape index (κ1) is 9.66. The van der Waals surface area contributed by atoms with Gasteiger partial charge in [-0.3, -0.25) is 0 Å². The van der Waals surface area contributed by atoms with Crippen molar-refractivity contribution >= 4 is 0 Å². The lowest BCUT2D eigenvalue weighted by atomic mass is 9.90. The van der Waals surface area contributed by atoms with Crippen molar-refractivity contribution in [2.45, 2.75) is 18.8 Å². The summed E-state index contributed by atoms with van der Waals surface area (Å²) in [5.74, 6) is 0.494. The Labute approximate surface area is 84.5 Å². The van der Waals surface area contributed by atoms with E-state index in [2.05, 4.69) is 11.9 Å². The van der Waals surface area contributed by atoms with E-state index < -0.39 is 0 Å². The van der Waals surface area contributed by atoms with Crippen LogP contribution in [0.5, 0.6) is 0 Å². The highest BCUT2D eigenvalue weighted by Crippen LogP contribution is 2.27. The van der Waals surface area contributed by atoms with Gasteiger partial charge in [0.1, 0.15) is 5.82 Å². The molecule has 1 aromatic carbocycles. The molecule has 2 rings (SSSR count). The van der Waals surface area contributed by atoms with E-state index in [0.717, 1.165) is 13.1 Å².